The van der Waals surface area contributed by atoms with Crippen molar-refractivity contribution in [2.45, 2.75) is 6.92 Å². The fourth-order valence-corrected chi connectivity index (χ4v) is 2.70. The zero-order valence-electron chi connectivity index (χ0n) is 12.9. The molecule has 0 fully saturated rings. The van der Waals surface area contributed by atoms with Crippen LogP contribution in [0.5, 0.6) is 0 Å². The predicted octanol–water partition coefficient (Wildman–Crippen LogP) is 5.21. The smallest absolute Gasteiger partial charge is 0.291 e. The Kier molecular flexibility index (Phi) is 5.10. The predicted molar refractivity (Wildman–Crippen MR) is 99.9 cm³/mol. The summed E-state index contributed by atoms with van der Waals surface area (Å²) in [6.07, 6.45) is 0. The summed E-state index contributed by atoms with van der Waals surface area (Å²) >= 11 is 6.31. The minimum atomic E-state index is -0.387. The number of furan rings is 2. The number of rotatable bonds is 4. The molecule has 0 atom stereocenters. The van der Waals surface area contributed by atoms with E-state index in [0.29, 0.717) is 20.7 Å². The van der Waals surface area contributed by atoms with E-state index in [1.807, 2.05) is 6.92 Å². The quantitative estimate of drug-likeness (QED) is 0.551. The minimum Gasteiger partial charge on any atom is -0.444 e. The van der Waals surface area contributed by atoms with Gasteiger partial charge in [0.2, 0.25) is 0 Å². The number of carbonyl (C=O) groups excluding carboxylic acids is 2. The lowest BCUT2D eigenvalue weighted by molar-refractivity contribution is 0.0989. The summed E-state index contributed by atoms with van der Waals surface area (Å²) in [4.78, 5) is 24.3. The Hall–Kier alpha value is -2.32. The van der Waals surface area contributed by atoms with Crippen LogP contribution in [0.15, 0.2) is 60.6 Å². The van der Waals surface area contributed by atoms with E-state index in [2.05, 4.69) is 42.5 Å². The number of amides is 2. The molecule has 25 heavy (non-hydrogen) atoms. The highest BCUT2D eigenvalue weighted by Crippen LogP contribution is 2.23. The highest BCUT2D eigenvalue weighted by Gasteiger charge is 2.14. The first-order chi connectivity index (χ1) is 11.9. The van der Waals surface area contributed by atoms with Crippen molar-refractivity contribution in [1.82, 2.24) is 0 Å². The van der Waals surface area contributed by atoms with Crippen molar-refractivity contribution in [3.05, 3.63) is 68.9 Å². The van der Waals surface area contributed by atoms with Gasteiger partial charge < -0.3 is 19.5 Å². The topological polar surface area (TPSA) is 84.5 Å². The van der Waals surface area contributed by atoms with Gasteiger partial charge >= 0.3 is 0 Å². The second kappa shape index (κ2) is 7.28. The van der Waals surface area contributed by atoms with Gasteiger partial charge in [0, 0.05) is 11.4 Å². The number of nitrogens with one attached hydrogen (secondary N) is 2. The Labute approximate surface area is 159 Å². The summed E-state index contributed by atoms with van der Waals surface area (Å²) in [6.45, 7) is 1.85. The number of carbonyl (C=O) groups is 2. The summed E-state index contributed by atoms with van der Waals surface area (Å²) in [7, 11) is 0. The number of hydrogen-bond acceptors (Lipinski definition) is 4. The van der Waals surface area contributed by atoms with Crippen LogP contribution < -0.4 is 10.6 Å². The zero-order valence-corrected chi connectivity index (χ0v) is 16.1. The van der Waals surface area contributed by atoms with E-state index < -0.39 is 0 Å². The molecule has 0 aliphatic carbocycles. The molecule has 128 valence electrons. The average molecular weight is 468 g/mol. The van der Waals surface area contributed by atoms with Gasteiger partial charge in [-0.2, -0.15) is 0 Å². The fraction of sp³-hybridized carbons (Fsp3) is 0.0588. The number of aryl methyl sites for hydroxylation is 1. The van der Waals surface area contributed by atoms with E-state index in [9.17, 15) is 9.59 Å². The van der Waals surface area contributed by atoms with Crippen LogP contribution >= 0.6 is 31.9 Å². The summed E-state index contributed by atoms with van der Waals surface area (Å²) in [5.41, 5.74) is 1.94. The SMILES string of the molecule is Cc1ccc(NC(=O)c2ccc(Br)o2)cc1NC(=O)c1ccc(Br)o1. The lowest BCUT2D eigenvalue weighted by Crippen LogP contribution is -2.14. The van der Waals surface area contributed by atoms with Crippen LogP contribution in [0.25, 0.3) is 0 Å². The van der Waals surface area contributed by atoms with E-state index in [4.69, 9.17) is 8.83 Å². The number of hydrogen-bond donors (Lipinski definition) is 2. The monoisotopic (exact) mass is 466 g/mol. The highest BCUT2D eigenvalue weighted by molar-refractivity contribution is 9.10. The Balaban J connectivity index is 1.76. The largest absolute Gasteiger partial charge is 0.444 e. The fourth-order valence-electron chi connectivity index (χ4n) is 2.08. The van der Waals surface area contributed by atoms with Crippen molar-refractivity contribution in [3.63, 3.8) is 0 Å². The van der Waals surface area contributed by atoms with E-state index in [1.165, 1.54) is 0 Å². The van der Waals surface area contributed by atoms with Crippen molar-refractivity contribution in [3.8, 4) is 0 Å². The van der Waals surface area contributed by atoms with Crippen LogP contribution in [0, 0.1) is 6.92 Å². The molecule has 2 N–H and O–H groups in total. The molecule has 0 saturated carbocycles. The first-order valence-corrected chi connectivity index (χ1v) is 8.75. The molecule has 3 aromatic rings. The lowest BCUT2D eigenvalue weighted by atomic mass is 10.1. The van der Waals surface area contributed by atoms with Crippen molar-refractivity contribution < 1.29 is 18.4 Å². The van der Waals surface area contributed by atoms with Gasteiger partial charge in [0.25, 0.3) is 11.8 Å². The average Bonchev–Trinajstić information content (AvgIpc) is 3.19. The molecule has 0 radical (unpaired) electrons. The van der Waals surface area contributed by atoms with Gasteiger partial charge in [-0.15, -0.1) is 0 Å². The molecule has 0 saturated heterocycles. The maximum absolute atomic E-state index is 12.2. The second-order valence-corrected chi connectivity index (χ2v) is 6.71. The molecule has 0 bridgehead atoms. The molecule has 0 unspecified atom stereocenters. The Bertz CT molecular complexity index is 946. The van der Waals surface area contributed by atoms with Gasteiger partial charge in [0.1, 0.15) is 0 Å². The normalized spacial score (nSPS) is 10.5. The molecule has 0 aliphatic heterocycles. The maximum Gasteiger partial charge on any atom is 0.291 e. The third-order valence-corrected chi connectivity index (χ3v) is 4.19. The summed E-state index contributed by atoms with van der Waals surface area (Å²) in [5.74, 6) is -0.409. The molecule has 1 aromatic carbocycles. The van der Waals surface area contributed by atoms with Crippen molar-refractivity contribution in [1.29, 1.82) is 0 Å². The third kappa shape index (κ3) is 4.21. The first-order valence-electron chi connectivity index (χ1n) is 7.16. The number of anilines is 2. The molecule has 6 nitrogen and oxygen atoms in total. The summed E-state index contributed by atoms with van der Waals surface area (Å²) in [6, 6.07) is 11.6. The van der Waals surface area contributed by atoms with Crippen LogP contribution in [-0.2, 0) is 0 Å². The molecule has 3 rings (SSSR count). The van der Waals surface area contributed by atoms with Crippen LogP contribution in [0.2, 0.25) is 0 Å². The highest BCUT2D eigenvalue weighted by atomic mass is 79.9. The van der Waals surface area contributed by atoms with E-state index >= 15 is 0 Å². The Morgan fingerprint density at radius 2 is 1.40 bits per heavy atom. The first kappa shape index (κ1) is 17.5. The van der Waals surface area contributed by atoms with Gasteiger partial charge in [-0.1, -0.05) is 6.07 Å². The van der Waals surface area contributed by atoms with Crippen LogP contribution in [0.1, 0.15) is 26.7 Å². The van der Waals surface area contributed by atoms with Crippen LogP contribution in [0.4, 0.5) is 11.4 Å². The Morgan fingerprint density at radius 1 is 0.840 bits per heavy atom. The van der Waals surface area contributed by atoms with Gasteiger partial charge in [-0.05, 0) is 80.7 Å². The van der Waals surface area contributed by atoms with E-state index in [-0.39, 0.29) is 23.3 Å². The van der Waals surface area contributed by atoms with E-state index in [1.54, 1.807) is 42.5 Å². The van der Waals surface area contributed by atoms with Crippen molar-refractivity contribution in [2.75, 3.05) is 10.6 Å². The van der Waals surface area contributed by atoms with Crippen molar-refractivity contribution >= 4 is 55.0 Å². The molecule has 0 aliphatic rings. The minimum absolute atomic E-state index is 0.179. The van der Waals surface area contributed by atoms with E-state index in [0.717, 1.165) is 5.56 Å². The van der Waals surface area contributed by atoms with Gasteiger partial charge in [-0.3, -0.25) is 9.59 Å². The van der Waals surface area contributed by atoms with Crippen LogP contribution in [0.3, 0.4) is 0 Å². The maximum atomic E-state index is 12.2. The molecule has 2 heterocycles. The molecule has 8 heteroatoms. The van der Waals surface area contributed by atoms with Gasteiger partial charge in [0.15, 0.2) is 20.9 Å². The lowest BCUT2D eigenvalue weighted by Gasteiger charge is -2.10. The standard InChI is InChI=1S/C17H12Br2N2O4/c1-9-2-3-10(20-16(22)12-4-6-14(18)24-12)8-11(9)21-17(23)13-5-7-15(19)25-13/h2-8H,1H3,(H,20,22)(H,21,23). The van der Waals surface area contributed by atoms with Gasteiger partial charge in [0.05, 0.1) is 0 Å². The number of halogens is 2. The number of benzene rings is 1. The second-order valence-electron chi connectivity index (χ2n) is 5.15. The van der Waals surface area contributed by atoms with Crippen LogP contribution in [-0.4, -0.2) is 11.8 Å². The van der Waals surface area contributed by atoms with Gasteiger partial charge in [-0.25, -0.2) is 0 Å². The molecule has 2 amide bonds. The summed E-state index contributed by atoms with van der Waals surface area (Å²) in [5, 5.41) is 5.48. The summed E-state index contributed by atoms with van der Waals surface area (Å²) < 4.78 is 11.4. The Morgan fingerprint density at radius 3 is 1.92 bits per heavy atom. The molecular weight excluding hydrogens is 456 g/mol. The zero-order chi connectivity index (χ0) is 18.0. The molecule has 2 aromatic heterocycles. The third-order valence-electron chi connectivity index (χ3n) is 3.34. The molecule has 0 spiro atoms. The molecular formula is C17H12Br2N2O4. The van der Waals surface area contributed by atoms with Crippen molar-refractivity contribution in [2.24, 2.45) is 0 Å².